The summed E-state index contributed by atoms with van der Waals surface area (Å²) in [6, 6.07) is 10.9. The predicted octanol–water partition coefficient (Wildman–Crippen LogP) is 2.95. The maximum Gasteiger partial charge on any atom is 0.231 e. The van der Waals surface area contributed by atoms with Crippen molar-refractivity contribution in [3.63, 3.8) is 0 Å². The first kappa shape index (κ1) is 13.6. The molecule has 1 aliphatic heterocycles. The van der Waals surface area contributed by atoms with Crippen molar-refractivity contribution in [2.24, 2.45) is 0 Å². The SMILES string of the molecule is O=C(COCc1ccc2c(c1)OCO2)c1ccc(F)cc1. The van der Waals surface area contributed by atoms with E-state index in [1.807, 2.05) is 18.2 Å². The van der Waals surface area contributed by atoms with Crippen molar-refractivity contribution in [3.05, 3.63) is 59.4 Å². The number of benzene rings is 2. The maximum absolute atomic E-state index is 12.8. The summed E-state index contributed by atoms with van der Waals surface area (Å²) < 4.78 is 28.6. The summed E-state index contributed by atoms with van der Waals surface area (Å²) in [5, 5.41) is 0. The number of hydrogen-bond acceptors (Lipinski definition) is 4. The van der Waals surface area contributed by atoms with Gasteiger partial charge in [-0.05, 0) is 42.0 Å². The number of ether oxygens (including phenoxy) is 3. The molecule has 0 atom stereocenters. The van der Waals surface area contributed by atoms with E-state index in [1.165, 1.54) is 24.3 Å². The van der Waals surface area contributed by atoms with Crippen molar-refractivity contribution >= 4 is 5.78 Å². The highest BCUT2D eigenvalue weighted by Crippen LogP contribution is 2.32. The monoisotopic (exact) mass is 288 g/mol. The Kier molecular flexibility index (Phi) is 3.83. The summed E-state index contributed by atoms with van der Waals surface area (Å²) in [6.45, 7) is 0.465. The number of hydrogen-bond donors (Lipinski definition) is 0. The molecule has 0 fully saturated rings. The fourth-order valence-corrected chi connectivity index (χ4v) is 2.01. The van der Waals surface area contributed by atoms with Crippen LogP contribution < -0.4 is 9.47 Å². The van der Waals surface area contributed by atoms with Gasteiger partial charge in [0.15, 0.2) is 17.3 Å². The summed E-state index contributed by atoms with van der Waals surface area (Å²) in [6.07, 6.45) is 0. The third kappa shape index (κ3) is 3.20. The number of Topliss-reactive ketones (excluding diaryl/α,β-unsaturated/α-hetero) is 1. The van der Waals surface area contributed by atoms with Crippen LogP contribution in [0.4, 0.5) is 4.39 Å². The van der Waals surface area contributed by atoms with E-state index in [4.69, 9.17) is 14.2 Å². The van der Waals surface area contributed by atoms with Crippen LogP contribution in [0, 0.1) is 5.82 Å². The van der Waals surface area contributed by atoms with Gasteiger partial charge in [-0.2, -0.15) is 0 Å². The molecule has 2 aromatic rings. The lowest BCUT2D eigenvalue weighted by Crippen LogP contribution is -2.09. The van der Waals surface area contributed by atoms with Crippen LogP contribution in [-0.4, -0.2) is 19.2 Å². The number of ketones is 1. The molecule has 108 valence electrons. The number of carbonyl (C=O) groups excluding carboxylic acids is 1. The molecule has 0 radical (unpaired) electrons. The van der Waals surface area contributed by atoms with E-state index >= 15 is 0 Å². The van der Waals surface area contributed by atoms with Gasteiger partial charge in [0.2, 0.25) is 6.79 Å². The van der Waals surface area contributed by atoms with Crippen LogP contribution in [0.15, 0.2) is 42.5 Å². The molecule has 0 spiro atoms. The Morgan fingerprint density at radius 3 is 2.67 bits per heavy atom. The summed E-state index contributed by atoms with van der Waals surface area (Å²) in [4.78, 5) is 11.8. The zero-order valence-electron chi connectivity index (χ0n) is 11.2. The van der Waals surface area contributed by atoms with Crippen LogP contribution >= 0.6 is 0 Å². The van der Waals surface area contributed by atoms with Crippen molar-refractivity contribution in [1.29, 1.82) is 0 Å². The van der Waals surface area contributed by atoms with Crippen LogP contribution in [0.3, 0.4) is 0 Å². The second-order valence-corrected chi connectivity index (χ2v) is 4.61. The van der Waals surface area contributed by atoms with Gasteiger partial charge in [-0.25, -0.2) is 4.39 Å². The number of carbonyl (C=O) groups is 1. The smallest absolute Gasteiger partial charge is 0.231 e. The molecule has 0 amide bonds. The van der Waals surface area contributed by atoms with Crippen LogP contribution in [0.1, 0.15) is 15.9 Å². The largest absolute Gasteiger partial charge is 0.454 e. The average molecular weight is 288 g/mol. The molecule has 0 aliphatic carbocycles. The van der Waals surface area contributed by atoms with Crippen molar-refractivity contribution in [1.82, 2.24) is 0 Å². The summed E-state index contributed by atoms with van der Waals surface area (Å²) in [5.41, 5.74) is 1.33. The first-order chi connectivity index (χ1) is 10.2. The Bertz CT molecular complexity index is 652. The van der Waals surface area contributed by atoms with Gasteiger partial charge in [-0.3, -0.25) is 4.79 Å². The fourth-order valence-electron chi connectivity index (χ4n) is 2.01. The maximum atomic E-state index is 12.8. The molecule has 0 aromatic heterocycles. The minimum atomic E-state index is -0.368. The second kappa shape index (κ2) is 5.93. The number of fused-ring (bicyclic) bond motifs is 1. The van der Waals surface area contributed by atoms with E-state index in [0.717, 1.165) is 5.56 Å². The van der Waals surface area contributed by atoms with Gasteiger partial charge < -0.3 is 14.2 Å². The normalized spacial score (nSPS) is 12.4. The van der Waals surface area contributed by atoms with E-state index in [2.05, 4.69) is 0 Å². The van der Waals surface area contributed by atoms with Gasteiger partial charge in [0.1, 0.15) is 12.4 Å². The quantitative estimate of drug-likeness (QED) is 0.793. The van der Waals surface area contributed by atoms with Crippen LogP contribution in [0.2, 0.25) is 0 Å². The molecule has 3 rings (SSSR count). The molecule has 1 heterocycles. The zero-order valence-corrected chi connectivity index (χ0v) is 11.2. The Hall–Kier alpha value is -2.40. The molecule has 21 heavy (non-hydrogen) atoms. The van der Waals surface area contributed by atoms with Gasteiger partial charge in [-0.15, -0.1) is 0 Å². The standard InChI is InChI=1S/C16H13FO4/c17-13-4-2-12(3-5-13)14(18)9-19-8-11-1-6-15-16(7-11)21-10-20-15/h1-7H,8-10H2. The zero-order chi connectivity index (χ0) is 14.7. The molecule has 0 bridgehead atoms. The predicted molar refractivity (Wildman–Crippen MR) is 73.0 cm³/mol. The topological polar surface area (TPSA) is 44.8 Å². The molecule has 0 N–H and O–H groups in total. The average Bonchev–Trinajstić information content (AvgIpc) is 2.95. The molecular weight excluding hydrogens is 275 g/mol. The third-order valence-electron chi connectivity index (χ3n) is 3.11. The van der Waals surface area contributed by atoms with Gasteiger partial charge in [-0.1, -0.05) is 6.07 Å². The van der Waals surface area contributed by atoms with Gasteiger partial charge in [0.05, 0.1) is 6.61 Å². The summed E-state index contributed by atoms with van der Waals surface area (Å²) in [5.74, 6) is 0.839. The van der Waals surface area contributed by atoms with E-state index in [-0.39, 0.29) is 25.0 Å². The van der Waals surface area contributed by atoms with E-state index < -0.39 is 0 Å². The van der Waals surface area contributed by atoms with E-state index in [1.54, 1.807) is 0 Å². The minimum Gasteiger partial charge on any atom is -0.454 e. The van der Waals surface area contributed by atoms with Gasteiger partial charge >= 0.3 is 0 Å². The molecule has 0 saturated carbocycles. The molecule has 0 unspecified atom stereocenters. The Balaban J connectivity index is 1.54. The molecule has 0 saturated heterocycles. The first-order valence-corrected chi connectivity index (χ1v) is 6.47. The molecule has 1 aliphatic rings. The highest BCUT2D eigenvalue weighted by Gasteiger charge is 2.13. The Labute approximate surface area is 121 Å². The van der Waals surface area contributed by atoms with E-state index in [0.29, 0.717) is 23.7 Å². The van der Waals surface area contributed by atoms with Crippen LogP contribution in [0.25, 0.3) is 0 Å². The molecule has 4 nitrogen and oxygen atoms in total. The minimum absolute atomic E-state index is 0.0555. The number of rotatable bonds is 5. The van der Waals surface area contributed by atoms with Gasteiger partial charge in [0.25, 0.3) is 0 Å². The molecule has 5 heteroatoms. The van der Waals surface area contributed by atoms with Crippen molar-refractivity contribution in [2.45, 2.75) is 6.61 Å². The second-order valence-electron chi connectivity index (χ2n) is 4.61. The van der Waals surface area contributed by atoms with Crippen LogP contribution in [-0.2, 0) is 11.3 Å². The van der Waals surface area contributed by atoms with E-state index in [9.17, 15) is 9.18 Å². The molecule has 2 aromatic carbocycles. The number of halogens is 1. The van der Waals surface area contributed by atoms with Gasteiger partial charge in [0, 0.05) is 5.56 Å². The third-order valence-corrected chi connectivity index (χ3v) is 3.11. The summed E-state index contributed by atoms with van der Waals surface area (Å²) in [7, 11) is 0. The lowest BCUT2D eigenvalue weighted by molar-refractivity contribution is 0.0726. The Morgan fingerprint density at radius 1 is 1.10 bits per heavy atom. The van der Waals surface area contributed by atoms with Crippen molar-refractivity contribution in [2.75, 3.05) is 13.4 Å². The highest BCUT2D eigenvalue weighted by atomic mass is 19.1. The molecular formula is C16H13FO4. The van der Waals surface area contributed by atoms with Crippen molar-refractivity contribution in [3.8, 4) is 11.5 Å². The first-order valence-electron chi connectivity index (χ1n) is 6.47. The highest BCUT2D eigenvalue weighted by molar-refractivity contribution is 5.97. The van der Waals surface area contributed by atoms with Crippen LogP contribution in [0.5, 0.6) is 11.5 Å². The fraction of sp³-hybridized carbons (Fsp3) is 0.188. The summed E-state index contributed by atoms with van der Waals surface area (Å²) >= 11 is 0. The lowest BCUT2D eigenvalue weighted by Gasteiger charge is -2.05. The van der Waals surface area contributed by atoms with Crippen molar-refractivity contribution < 1.29 is 23.4 Å². The Morgan fingerprint density at radius 2 is 1.86 bits per heavy atom. The lowest BCUT2D eigenvalue weighted by atomic mass is 10.1.